The monoisotopic (exact) mass is 369 g/mol. The number of ketones is 1. The van der Waals surface area contributed by atoms with Gasteiger partial charge in [-0.3, -0.25) is 9.36 Å². The van der Waals surface area contributed by atoms with Crippen LogP contribution in [0.25, 0.3) is 5.69 Å². The zero-order chi connectivity index (χ0) is 18.5. The lowest BCUT2D eigenvalue weighted by atomic mass is 10.1. The summed E-state index contributed by atoms with van der Waals surface area (Å²) in [7, 11) is 3.21. The highest BCUT2D eigenvalue weighted by Gasteiger charge is 2.20. The van der Waals surface area contributed by atoms with Gasteiger partial charge in [0.15, 0.2) is 10.9 Å². The summed E-state index contributed by atoms with van der Waals surface area (Å²) in [6.45, 7) is 1.86. The third-order valence-electron chi connectivity index (χ3n) is 3.89. The van der Waals surface area contributed by atoms with Crippen LogP contribution < -0.4 is 9.47 Å². The van der Waals surface area contributed by atoms with Crippen molar-refractivity contribution >= 4 is 17.5 Å². The first-order chi connectivity index (χ1) is 12.6. The molecule has 7 heteroatoms. The third kappa shape index (κ3) is 3.72. The number of rotatable bonds is 7. The molecule has 134 valence electrons. The summed E-state index contributed by atoms with van der Waals surface area (Å²) in [5.74, 6) is 1.45. The highest BCUT2D eigenvalue weighted by Crippen LogP contribution is 2.30. The molecule has 0 fully saturated rings. The summed E-state index contributed by atoms with van der Waals surface area (Å²) >= 11 is 1.36. The van der Waals surface area contributed by atoms with Crippen LogP contribution in [0.15, 0.2) is 60.0 Å². The molecule has 0 aliphatic carbocycles. The molecule has 3 rings (SSSR count). The smallest absolute Gasteiger partial charge is 0.196 e. The fraction of sp³-hybridized carbons (Fsp3) is 0.211. The summed E-state index contributed by atoms with van der Waals surface area (Å²) in [6, 6.07) is 14.7. The van der Waals surface area contributed by atoms with Crippen molar-refractivity contribution < 1.29 is 14.3 Å². The van der Waals surface area contributed by atoms with Crippen molar-refractivity contribution in [2.75, 3.05) is 14.2 Å². The van der Waals surface area contributed by atoms with Crippen LogP contribution in [0, 0.1) is 0 Å². The standard InChI is InChI=1S/C19H19N3O3S/c1-13(18(23)14-8-10-15(24-2)11-9-14)26-19-21-20-12-22(19)16-6-4-5-7-17(16)25-3/h4-13H,1-3H3. The number of Topliss-reactive ketones (excluding diaryl/α,β-unsaturated/α-hetero) is 1. The molecule has 0 spiro atoms. The molecule has 0 saturated heterocycles. The van der Waals surface area contributed by atoms with Gasteiger partial charge in [-0.2, -0.15) is 0 Å². The number of hydrogen-bond donors (Lipinski definition) is 0. The van der Waals surface area contributed by atoms with Crippen LogP contribution in [0.3, 0.4) is 0 Å². The summed E-state index contributed by atoms with van der Waals surface area (Å²) in [4.78, 5) is 12.7. The minimum absolute atomic E-state index is 0.0206. The Morgan fingerprint density at radius 1 is 1.08 bits per heavy atom. The van der Waals surface area contributed by atoms with Gasteiger partial charge in [0, 0.05) is 5.56 Å². The number of hydrogen-bond acceptors (Lipinski definition) is 6. The van der Waals surface area contributed by atoms with E-state index in [1.807, 2.05) is 35.8 Å². The Balaban J connectivity index is 1.81. The van der Waals surface area contributed by atoms with Crippen LogP contribution >= 0.6 is 11.8 Å². The fourth-order valence-corrected chi connectivity index (χ4v) is 3.41. The van der Waals surface area contributed by atoms with E-state index in [0.29, 0.717) is 16.5 Å². The Kier molecular flexibility index (Phi) is 5.58. The number of carbonyl (C=O) groups is 1. The van der Waals surface area contributed by atoms with E-state index in [-0.39, 0.29) is 11.0 Å². The molecule has 0 aliphatic rings. The number of para-hydroxylation sites is 2. The summed E-state index contributed by atoms with van der Waals surface area (Å²) in [6.07, 6.45) is 1.62. The largest absolute Gasteiger partial charge is 0.497 e. The van der Waals surface area contributed by atoms with Crippen LogP contribution in [0.1, 0.15) is 17.3 Å². The van der Waals surface area contributed by atoms with E-state index in [0.717, 1.165) is 11.4 Å². The molecule has 0 amide bonds. The Labute approximate surface area is 156 Å². The minimum atomic E-state index is -0.318. The van der Waals surface area contributed by atoms with Crippen molar-refractivity contribution in [2.24, 2.45) is 0 Å². The Bertz CT molecular complexity index is 893. The molecule has 0 aliphatic heterocycles. The highest BCUT2D eigenvalue weighted by molar-refractivity contribution is 8.00. The molecule has 2 aromatic carbocycles. The number of benzene rings is 2. The van der Waals surface area contributed by atoms with Gasteiger partial charge in [0.25, 0.3) is 0 Å². The van der Waals surface area contributed by atoms with E-state index >= 15 is 0 Å². The van der Waals surface area contributed by atoms with E-state index in [4.69, 9.17) is 9.47 Å². The van der Waals surface area contributed by atoms with Crippen molar-refractivity contribution in [3.8, 4) is 17.2 Å². The first-order valence-electron chi connectivity index (χ1n) is 8.02. The van der Waals surface area contributed by atoms with E-state index in [2.05, 4.69) is 10.2 Å². The van der Waals surface area contributed by atoms with Crippen molar-refractivity contribution in [3.05, 3.63) is 60.4 Å². The molecule has 0 bridgehead atoms. The van der Waals surface area contributed by atoms with Gasteiger partial charge in [-0.05, 0) is 43.3 Å². The second kappa shape index (κ2) is 8.05. The number of nitrogens with zero attached hydrogens (tertiary/aromatic N) is 3. The molecule has 1 aromatic heterocycles. The first kappa shape index (κ1) is 18.0. The quantitative estimate of drug-likeness (QED) is 0.468. The average Bonchev–Trinajstić information content (AvgIpc) is 3.15. The maximum Gasteiger partial charge on any atom is 0.196 e. The Morgan fingerprint density at radius 2 is 1.81 bits per heavy atom. The van der Waals surface area contributed by atoms with Gasteiger partial charge >= 0.3 is 0 Å². The number of carbonyl (C=O) groups excluding carboxylic acids is 1. The second-order valence-corrected chi connectivity index (χ2v) is 6.82. The van der Waals surface area contributed by atoms with E-state index in [1.54, 1.807) is 44.8 Å². The van der Waals surface area contributed by atoms with Crippen molar-refractivity contribution in [2.45, 2.75) is 17.3 Å². The fourth-order valence-electron chi connectivity index (χ4n) is 2.50. The number of methoxy groups -OCH3 is 2. The predicted molar refractivity (Wildman–Crippen MR) is 101 cm³/mol. The second-order valence-electron chi connectivity index (χ2n) is 5.51. The molecule has 1 unspecified atom stereocenters. The van der Waals surface area contributed by atoms with Crippen LogP contribution in [-0.2, 0) is 0 Å². The molecule has 6 nitrogen and oxygen atoms in total. The molecule has 3 aromatic rings. The highest BCUT2D eigenvalue weighted by atomic mass is 32.2. The number of aromatic nitrogens is 3. The SMILES string of the molecule is COc1ccc(C(=O)C(C)Sc2nncn2-c2ccccc2OC)cc1. The van der Waals surface area contributed by atoms with Gasteiger partial charge in [-0.15, -0.1) is 10.2 Å². The van der Waals surface area contributed by atoms with Gasteiger partial charge in [-0.25, -0.2) is 0 Å². The summed E-state index contributed by atoms with van der Waals surface area (Å²) < 4.78 is 12.4. The zero-order valence-electron chi connectivity index (χ0n) is 14.7. The van der Waals surface area contributed by atoms with Gasteiger partial charge in [0.05, 0.1) is 25.2 Å². The molecular formula is C19H19N3O3S. The van der Waals surface area contributed by atoms with Crippen molar-refractivity contribution in [3.63, 3.8) is 0 Å². The maximum absolute atomic E-state index is 12.7. The third-order valence-corrected chi connectivity index (χ3v) is 4.94. The normalized spacial score (nSPS) is 11.8. The zero-order valence-corrected chi connectivity index (χ0v) is 15.6. The van der Waals surface area contributed by atoms with E-state index in [9.17, 15) is 4.79 Å². The molecule has 0 saturated carbocycles. The lowest BCUT2D eigenvalue weighted by molar-refractivity contribution is 0.0994. The van der Waals surface area contributed by atoms with Crippen molar-refractivity contribution in [1.29, 1.82) is 0 Å². The maximum atomic E-state index is 12.7. The molecule has 1 atom stereocenters. The van der Waals surface area contributed by atoms with Gasteiger partial charge in [-0.1, -0.05) is 23.9 Å². The van der Waals surface area contributed by atoms with E-state index in [1.165, 1.54) is 11.8 Å². The molecule has 0 N–H and O–H groups in total. The Hall–Kier alpha value is -2.80. The van der Waals surface area contributed by atoms with Crippen molar-refractivity contribution in [1.82, 2.24) is 14.8 Å². The topological polar surface area (TPSA) is 66.2 Å². The predicted octanol–water partition coefficient (Wildman–Crippen LogP) is 3.65. The number of thioether (sulfide) groups is 1. The lowest BCUT2D eigenvalue weighted by Gasteiger charge is -2.13. The molecule has 1 heterocycles. The molecular weight excluding hydrogens is 350 g/mol. The molecule has 0 radical (unpaired) electrons. The Morgan fingerprint density at radius 3 is 2.50 bits per heavy atom. The first-order valence-corrected chi connectivity index (χ1v) is 8.90. The van der Waals surface area contributed by atoms with Gasteiger partial charge in [0.2, 0.25) is 0 Å². The van der Waals surface area contributed by atoms with Crippen LogP contribution in [0.4, 0.5) is 0 Å². The summed E-state index contributed by atoms with van der Waals surface area (Å²) in [5, 5.41) is 8.46. The summed E-state index contributed by atoms with van der Waals surface area (Å²) in [5.41, 5.74) is 1.46. The lowest BCUT2D eigenvalue weighted by Crippen LogP contribution is -2.14. The van der Waals surface area contributed by atoms with E-state index < -0.39 is 0 Å². The minimum Gasteiger partial charge on any atom is -0.497 e. The van der Waals surface area contributed by atoms with Crippen LogP contribution in [-0.4, -0.2) is 40.0 Å². The van der Waals surface area contributed by atoms with Crippen LogP contribution in [0.2, 0.25) is 0 Å². The van der Waals surface area contributed by atoms with Gasteiger partial charge in [0.1, 0.15) is 17.8 Å². The van der Waals surface area contributed by atoms with Crippen LogP contribution in [0.5, 0.6) is 11.5 Å². The average molecular weight is 369 g/mol. The molecule has 26 heavy (non-hydrogen) atoms. The van der Waals surface area contributed by atoms with Gasteiger partial charge < -0.3 is 9.47 Å². The number of ether oxygens (including phenoxy) is 2.